The van der Waals surface area contributed by atoms with Gasteiger partial charge in [0.15, 0.2) is 0 Å². The zero-order valence-corrected chi connectivity index (χ0v) is 11.7. The van der Waals surface area contributed by atoms with Crippen molar-refractivity contribution in [3.05, 3.63) is 34.9 Å². The van der Waals surface area contributed by atoms with Gasteiger partial charge in [0.05, 0.1) is 0 Å². The van der Waals surface area contributed by atoms with Crippen molar-refractivity contribution in [2.24, 2.45) is 5.73 Å². The van der Waals surface area contributed by atoms with E-state index >= 15 is 0 Å². The van der Waals surface area contributed by atoms with Crippen molar-refractivity contribution in [3.63, 3.8) is 0 Å². The molecule has 100 valence electrons. The lowest BCUT2D eigenvalue weighted by Crippen LogP contribution is -2.34. The molecule has 4 heteroatoms. The van der Waals surface area contributed by atoms with Gasteiger partial charge in [0, 0.05) is 23.5 Å². The van der Waals surface area contributed by atoms with Crippen molar-refractivity contribution in [3.8, 4) is 0 Å². The minimum atomic E-state index is 0.0480. The molecule has 3 nitrogen and oxygen atoms in total. The summed E-state index contributed by atoms with van der Waals surface area (Å²) < 4.78 is 0. The van der Waals surface area contributed by atoms with Crippen LogP contribution in [0.1, 0.15) is 32.3 Å². The molecular weight excluding hydrogens is 248 g/mol. The molecule has 2 atom stereocenters. The maximum Gasteiger partial charge on any atom is 0.220 e. The van der Waals surface area contributed by atoms with Crippen LogP contribution in [0.4, 0.5) is 0 Å². The molecule has 0 aliphatic heterocycles. The van der Waals surface area contributed by atoms with E-state index in [1.807, 2.05) is 38.1 Å². The van der Waals surface area contributed by atoms with Gasteiger partial charge in [0.1, 0.15) is 0 Å². The zero-order valence-electron chi connectivity index (χ0n) is 10.9. The Morgan fingerprint density at radius 3 is 2.67 bits per heavy atom. The first-order valence-corrected chi connectivity index (χ1v) is 6.65. The molecule has 3 N–H and O–H groups in total. The van der Waals surface area contributed by atoms with E-state index in [0.717, 1.165) is 17.0 Å². The SMILES string of the molecule is CC(N)CCC(=O)NC(C)Cc1ccccc1Cl. The fourth-order valence-corrected chi connectivity index (χ4v) is 1.96. The van der Waals surface area contributed by atoms with Gasteiger partial charge in [-0.1, -0.05) is 29.8 Å². The van der Waals surface area contributed by atoms with Gasteiger partial charge < -0.3 is 11.1 Å². The number of benzene rings is 1. The first kappa shape index (κ1) is 15.0. The Balaban J connectivity index is 2.40. The maximum atomic E-state index is 11.6. The summed E-state index contributed by atoms with van der Waals surface area (Å²) in [4.78, 5) is 11.6. The van der Waals surface area contributed by atoms with E-state index in [4.69, 9.17) is 17.3 Å². The molecule has 0 saturated heterocycles. The van der Waals surface area contributed by atoms with Gasteiger partial charge in [-0.3, -0.25) is 4.79 Å². The lowest BCUT2D eigenvalue weighted by atomic mass is 10.1. The summed E-state index contributed by atoms with van der Waals surface area (Å²) in [6.45, 7) is 3.88. The quantitative estimate of drug-likeness (QED) is 0.833. The van der Waals surface area contributed by atoms with Crippen molar-refractivity contribution < 1.29 is 4.79 Å². The normalized spacial score (nSPS) is 14.0. The van der Waals surface area contributed by atoms with E-state index in [1.165, 1.54) is 0 Å². The van der Waals surface area contributed by atoms with Crippen LogP contribution in [-0.2, 0) is 11.2 Å². The number of amides is 1. The Bertz CT molecular complexity index is 393. The highest BCUT2D eigenvalue weighted by Crippen LogP contribution is 2.16. The van der Waals surface area contributed by atoms with Crippen molar-refractivity contribution in [1.29, 1.82) is 0 Å². The summed E-state index contributed by atoms with van der Waals surface area (Å²) in [7, 11) is 0. The van der Waals surface area contributed by atoms with Crippen LogP contribution in [0.2, 0.25) is 5.02 Å². The second kappa shape index (κ2) is 7.39. The first-order chi connectivity index (χ1) is 8.49. The van der Waals surface area contributed by atoms with Gasteiger partial charge in [-0.25, -0.2) is 0 Å². The largest absolute Gasteiger partial charge is 0.353 e. The average Bonchev–Trinajstić information content (AvgIpc) is 2.29. The van der Waals surface area contributed by atoms with Gasteiger partial charge in [-0.05, 0) is 38.3 Å². The number of rotatable bonds is 6. The minimum absolute atomic E-state index is 0.0480. The number of carbonyl (C=O) groups is 1. The van der Waals surface area contributed by atoms with E-state index in [0.29, 0.717) is 12.8 Å². The van der Waals surface area contributed by atoms with E-state index in [9.17, 15) is 4.79 Å². The molecule has 1 aromatic rings. The molecule has 0 bridgehead atoms. The van der Waals surface area contributed by atoms with E-state index in [2.05, 4.69) is 5.32 Å². The summed E-state index contributed by atoms with van der Waals surface area (Å²) in [6.07, 6.45) is 1.93. The number of nitrogens with one attached hydrogen (secondary N) is 1. The van der Waals surface area contributed by atoms with Crippen LogP contribution in [0.25, 0.3) is 0 Å². The fraction of sp³-hybridized carbons (Fsp3) is 0.500. The number of nitrogens with two attached hydrogens (primary N) is 1. The number of halogens is 1. The summed E-state index contributed by atoms with van der Waals surface area (Å²) >= 11 is 6.08. The second-order valence-corrected chi connectivity index (χ2v) is 5.19. The molecule has 0 fully saturated rings. The molecule has 1 aromatic carbocycles. The Morgan fingerprint density at radius 1 is 1.39 bits per heavy atom. The predicted molar refractivity (Wildman–Crippen MR) is 75.6 cm³/mol. The van der Waals surface area contributed by atoms with Gasteiger partial charge >= 0.3 is 0 Å². The van der Waals surface area contributed by atoms with E-state index in [-0.39, 0.29) is 18.0 Å². The number of hydrogen-bond acceptors (Lipinski definition) is 2. The van der Waals surface area contributed by atoms with Crippen molar-refractivity contribution in [2.45, 2.75) is 45.2 Å². The Morgan fingerprint density at radius 2 is 2.06 bits per heavy atom. The summed E-state index contributed by atoms with van der Waals surface area (Å²) in [5.41, 5.74) is 6.67. The molecule has 0 aliphatic rings. The van der Waals surface area contributed by atoms with Crippen LogP contribution < -0.4 is 11.1 Å². The maximum absolute atomic E-state index is 11.6. The third-order valence-corrected chi connectivity index (χ3v) is 3.09. The summed E-state index contributed by atoms with van der Waals surface area (Å²) in [5.74, 6) is 0.0480. The molecule has 1 rings (SSSR count). The lowest BCUT2D eigenvalue weighted by molar-refractivity contribution is -0.121. The number of carbonyl (C=O) groups excluding carboxylic acids is 1. The minimum Gasteiger partial charge on any atom is -0.353 e. The average molecular weight is 269 g/mol. The fourth-order valence-electron chi connectivity index (χ4n) is 1.75. The van der Waals surface area contributed by atoms with Crippen molar-refractivity contribution >= 4 is 17.5 Å². The van der Waals surface area contributed by atoms with Crippen LogP contribution in [0.5, 0.6) is 0 Å². The van der Waals surface area contributed by atoms with E-state index < -0.39 is 0 Å². The standard InChI is InChI=1S/C14H21ClN2O/c1-10(16)7-8-14(18)17-11(2)9-12-5-3-4-6-13(12)15/h3-6,10-11H,7-9,16H2,1-2H3,(H,17,18). The third kappa shape index (κ3) is 5.52. The van der Waals surface area contributed by atoms with Gasteiger partial charge in [0.2, 0.25) is 5.91 Å². The second-order valence-electron chi connectivity index (χ2n) is 4.78. The first-order valence-electron chi connectivity index (χ1n) is 6.27. The third-order valence-electron chi connectivity index (χ3n) is 2.72. The summed E-state index contributed by atoms with van der Waals surface area (Å²) in [6, 6.07) is 7.83. The predicted octanol–water partition coefficient (Wildman–Crippen LogP) is 2.51. The highest BCUT2D eigenvalue weighted by Gasteiger charge is 2.10. The van der Waals surface area contributed by atoms with Crippen LogP contribution >= 0.6 is 11.6 Å². The number of hydrogen-bond donors (Lipinski definition) is 2. The van der Waals surface area contributed by atoms with Gasteiger partial charge in [-0.2, -0.15) is 0 Å². The molecule has 0 aliphatic carbocycles. The molecular formula is C14H21ClN2O. The molecule has 0 spiro atoms. The highest BCUT2D eigenvalue weighted by molar-refractivity contribution is 6.31. The van der Waals surface area contributed by atoms with Crippen molar-refractivity contribution in [1.82, 2.24) is 5.32 Å². The van der Waals surface area contributed by atoms with Crippen LogP contribution in [0.3, 0.4) is 0 Å². The molecule has 2 unspecified atom stereocenters. The topological polar surface area (TPSA) is 55.1 Å². The lowest BCUT2D eigenvalue weighted by Gasteiger charge is -2.15. The molecule has 0 saturated carbocycles. The monoisotopic (exact) mass is 268 g/mol. The highest BCUT2D eigenvalue weighted by atomic mass is 35.5. The smallest absolute Gasteiger partial charge is 0.220 e. The summed E-state index contributed by atoms with van der Waals surface area (Å²) in [5, 5.41) is 3.70. The molecule has 0 aromatic heterocycles. The molecule has 0 heterocycles. The van der Waals surface area contributed by atoms with Gasteiger partial charge in [0.25, 0.3) is 0 Å². The zero-order chi connectivity index (χ0) is 13.5. The molecule has 0 radical (unpaired) electrons. The van der Waals surface area contributed by atoms with Gasteiger partial charge in [-0.15, -0.1) is 0 Å². The van der Waals surface area contributed by atoms with Crippen LogP contribution in [-0.4, -0.2) is 18.0 Å². The molecule has 18 heavy (non-hydrogen) atoms. The van der Waals surface area contributed by atoms with Crippen LogP contribution in [0.15, 0.2) is 24.3 Å². The van der Waals surface area contributed by atoms with Crippen molar-refractivity contribution in [2.75, 3.05) is 0 Å². The molecule has 1 amide bonds. The van der Waals surface area contributed by atoms with Crippen LogP contribution in [0, 0.1) is 0 Å². The Kier molecular flexibility index (Phi) is 6.16. The Labute approximate surface area is 114 Å². The van der Waals surface area contributed by atoms with E-state index in [1.54, 1.807) is 0 Å². The Hall–Kier alpha value is -1.06.